The minimum Gasteiger partial charge on any atom is -0.366 e. The molecule has 2 N–H and O–H groups in total. The second-order valence-corrected chi connectivity index (χ2v) is 3.62. The third-order valence-electron chi connectivity index (χ3n) is 2.41. The maximum Gasteiger partial charge on any atom is 0.244 e. The number of carbonyl (C=O) groups is 1. The fourth-order valence-electron chi connectivity index (χ4n) is 1.44. The van der Waals surface area contributed by atoms with E-state index in [1.165, 1.54) is 0 Å². The van der Waals surface area contributed by atoms with Gasteiger partial charge in [0.15, 0.2) is 0 Å². The number of hydrogen-bond donors (Lipinski definition) is 1. The van der Waals surface area contributed by atoms with Crippen LogP contribution in [0.2, 0.25) is 0 Å². The normalized spacial score (nSPS) is 16.5. The number of nitrogens with two attached hydrogens (primary N) is 1. The minimum atomic E-state index is -0.314. The summed E-state index contributed by atoms with van der Waals surface area (Å²) in [6.07, 6.45) is 13.7. The molecule has 0 aromatic heterocycles. The standard InChI is InChI=1S/C12H17NO/c1-10(12(13)14)6-2-3-7-11-8-4-5-9-11/h4-6,8-9,11H,2-3,7H2,1H3,(H2,13,14). The molecule has 1 aliphatic carbocycles. The predicted octanol–water partition coefficient (Wildman–Crippen LogP) is 2.33. The van der Waals surface area contributed by atoms with Crippen LogP contribution in [-0.4, -0.2) is 5.91 Å². The van der Waals surface area contributed by atoms with Crippen LogP contribution in [0.15, 0.2) is 36.0 Å². The quantitative estimate of drug-likeness (QED) is 0.526. The van der Waals surface area contributed by atoms with E-state index in [0.717, 1.165) is 19.3 Å². The van der Waals surface area contributed by atoms with Crippen molar-refractivity contribution in [2.75, 3.05) is 0 Å². The van der Waals surface area contributed by atoms with Crippen molar-refractivity contribution >= 4 is 5.91 Å². The zero-order chi connectivity index (χ0) is 10.4. The summed E-state index contributed by atoms with van der Waals surface area (Å²) in [6.45, 7) is 1.76. The molecule has 0 radical (unpaired) electrons. The van der Waals surface area contributed by atoms with Gasteiger partial charge in [0.25, 0.3) is 0 Å². The van der Waals surface area contributed by atoms with Crippen molar-refractivity contribution in [3.05, 3.63) is 36.0 Å². The summed E-state index contributed by atoms with van der Waals surface area (Å²) in [5.41, 5.74) is 5.78. The molecule has 2 nitrogen and oxygen atoms in total. The van der Waals surface area contributed by atoms with Crippen LogP contribution in [0.25, 0.3) is 0 Å². The van der Waals surface area contributed by atoms with Gasteiger partial charge in [-0.15, -0.1) is 0 Å². The number of rotatable bonds is 5. The second kappa shape index (κ2) is 5.43. The van der Waals surface area contributed by atoms with Crippen molar-refractivity contribution in [1.29, 1.82) is 0 Å². The molecule has 0 heterocycles. The summed E-state index contributed by atoms with van der Waals surface area (Å²) in [5.74, 6) is 0.281. The molecule has 76 valence electrons. The molecule has 0 spiro atoms. The highest BCUT2D eigenvalue weighted by atomic mass is 16.1. The van der Waals surface area contributed by atoms with Crippen LogP contribution < -0.4 is 5.73 Å². The zero-order valence-corrected chi connectivity index (χ0v) is 8.57. The third-order valence-corrected chi connectivity index (χ3v) is 2.41. The molecule has 0 fully saturated rings. The maximum atomic E-state index is 10.7. The molecule has 0 aromatic rings. The van der Waals surface area contributed by atoms with Crippen molar-refractivity contribution in [3.63, 3.8) is 0 Å². The Morgan fingerprint density at radius 1 is 1.43 bits per heavy atom. The van der Waals surface area contributed by atoms with Crippen LogP contribution in [0.3, 0.4) is 0 Å². The topological polar surface area (TPSA) is 43.1 Å². The van der Waals surface area contributed by atoms with Crippen molar-refractivity contribution < 1.29 is 4.79 Å². The Morgan fingerprint density at radius 2 is 2.07 bits per heavy atom. The second-order valence-electron chi connectivity index (χ2n) is 3.62. The van der Waals surface area contributed by atoms with Gasteiger partial charge in [-0.25, -0.2) is 0 Å². The van der Waals surface area contributed by atoms with Gasteiger partial charge in [-0.05, 0) is 32.1 Å². The molecule has 0 saturated heterocycles. The third kappa shape index (κ3) is 3.60. The van der Waals surface area contributed by atoms with Gasteiger partial charge < -0.3 is 5.73 Å². The lowest BCUT2D eigenvalue weighted by molar-refractivity contribution is -0.114. The summed E-state index contributed by atoms with van der Waals surface area (Å²) >= 11 is 0. The molecule has 2 heteroatoms. The van der Waals surface area contributed by atoms with Crippen LogP contribution in [0.5, 0.6) is 0 Å². The molecule has 14 heavy (non-hydrogen) atoms. The van der Waals surface area contributed by atoms with Gasteiger partial charge in [0.2, 0.25) is 5.91 Å². The van der Waals surface area contributed by atoms with E-state index in [1.807, 2.05) is 6.08 Å². The van der Waals surface area contributed by atoms with Gasteiger partial charge in [0, 0.05) is 5.57 Å². The molecule has 0 saturated carbocycles. The fraction of sp³-hybridized carbons (Fsp3) is 0.417. The number of hydrogen-bond acceptors (Lipinski definition) is 1. The molecule has 1 aliphatic rings. The largest absolute Gasteiger partial charge is 0.366 e. The highest BCUT2D eigenvalue weighted by Gasteiger charge is 2.02. The first kappa shape index (κ1) is 10.8. The maximum absolute atomic E-state index is 10.7. The van der Waals surface area contributed by atoms with E-state index in [1.54, 1.807) is 6.92 Å². The fourth-order valence-corrected chi connectivity index (χ4v) is 1.44. The number of allylic oxidation sites excluding steroid dienone is 5. The van der Waals surface area contributed by atoms with Crippen molar-refractivity contribution in [2.45, 2.75) is 26.2 Å². The van der Waals surface area contributed by atoms with E-state index in [9.17, 15) is 4.79 Å². The van der Waals surface area contributed by atoms with Crippen molar-refractivity contribution in [2.24, 2.45) is 11.7 Å². The van der Waals surface area contributed by atoms with E-state index in [2.05, 4.69) is 24.3 Å². The van der Waals surface area contributed by atoms with E-state index in [0.29, 0.717) is 11.5 Å². The smallest absolute Gasteiger partial charge is 0.244 e. The van der Waals surface area contributed by atoms with E-state index >= 15 is 0 Å². The lowest BCUT2D eigenvalue weighted by Gasteiger charge is -2.02. The Bertz CT molecular complexity index is 275. The van der Waals surface area contributed by atoms with Crippen LogP contribution in [0.1, 0.15) is 26.2 Å². The number of carbonyl (C=O) groups excluding carboxylic acids is 1. The first-order valence-electron chi connectivity index (χ1n) is 5.01. The summed E-state index contributed by atoms with van der Waals surface area (Å²) in [4.78, 5) is 10.7. The first-order valence-corrected chi connectivity index (χ1v) is 5.01. The molecule has 0 bridgehead atoms. The number of amides is 1. The highest BCUT2D eigenvalue weighted by Crippen LogP contribution is 2.16. The lowest BCUT2D eigenvalue weighted by atomic mass is 10.0. The average Bonchev–Trinajstić information content (AvgIpc) is 2.64. The van der Waals surface area contributed by atoms with Crippen LogP contribution in [0, 0.1) is 5.92 Å². The van der Waals surface area contributed by atoms with Gasteiger partial charge in [-0.2, -0.15) is 0 Å². The first-order chi connectivity index (χ1) is 6.70. The molecule has 0 atom stereocenters. The van der Waals surface area contributed by atoms with Gasteiger partial charge in [-0.3, -0.25) is 4.79 Å². The summed E-state index contributed by atoms with van der Waals surface area (Å²) in [6, 6.07) is 0. The summed E-state index contributed by atoms with van der Waals surface area (Å²) < 4.78 is 0. The Morgan fingerprint density at radius 3 is 2.64 bits per heavy atom. The molecular formula is C12H17NO. The van der Waals surface area contributed by atoms with Crippen molar-refractivity contribution in [3.8, 4) is 0 Å². The van der Waals surface area contributed by atoms with E-state index in [-0.39, 0.29) is 5.91 Å². The molecule has 0 aliphatic heterocycles. The number of primary amides is 1. The van der Waals surface area contributed by atoms with Gasteiger partial charge in [0.1, 0.15) is 0 Å². The average molecular weight is 191 g/mol. The minimum absolute atomic E-state index is 0.314. The van der Waals surface area contributed by atoms with E-state index in [4.69, 9.17) is 5.73 Å². The molecule has 0 unspecified atom stereocenters. The molecular weight excluding hydrogens is 174 g/mol. The molecule has 1 rings (SSSR count). The Balaban J connectivity index is 2.15. The lowest BCUT2D eigenvalue weighted by Crippen LogP contribution is -2.11. The van der Waals surface area contributed by atoms with Crippen LogP contribution in [0.4, 0.5) is 0 Å². The Hall–Kier alpha value is -1.31. The van der Waals surface area contributed by atoms with E-state index < -0.39 is 0 Å². The van der Waals surface area contributed by atoms with Crippen LogP contribution >= 0.6 is 0 Å². The molecule has 1 amide bonds. The van der Waals surface area contributed by atoms with Crippen molar-refractivity contribution in [1.82, 2.24) is 0 Å². The van der Waals surface area contributed by atoms with Gasteiger partial charge >= 0.3 is 0 Å². The number of unbranched alkanes of at least 4 members (excludes halogenated alkanes) is 1. The summed E-state index contributed by atoms with van der Waals surface area (Å²) in [5, 5.41) is 0. The van der Waals surface area contributed by atoms with Crippen LogP contribution in [-0.2, 0) is 4.79 Å². The van der Waals surface area contributed by atoms with Gasteiger partial charge in [-0.1, -0.05) is 30.4 Å². The zero-order valence-electron chi connectivity index (χ0n) is 8.57. The summed E-state index contributed by atoms with van der Waals surface area (Å²) in [7, 11) is 0. The Labute approximate surface area is 85.2 Å². The monoisotopic (exact) mass is 191 g/mol. The predicted molar refractivity (Wildman–Crippen MR) is 58.6 cm³/mol. The molecule has 0 aromatic carbocycles. The highest BCUT2D eigenvalue weighted by molar-refractivity contribution is 5.91. The van der Waals surface area contributed by atoms with Gasteiger partial charge in [0.05, 0.1) is 0 Å². The SMILES string of the molecule is CC(=CCCCC1C=CC=C1)C(N)=O. The Kier molecular flexibility index (Phi) is 4.17.